The first-order valence-corrected chi connectivity index (χ1v) is 14.2. The van der Waals surface area contributed by atoms with Gasteiger partial charge in [0.15, 0.2) is 5.96 Å². The van der Waals surface area contributed by atoms with Crippen LogP contribution in [0.3, 0.4) is 0 Å². The molecule has 8 atom stereocenters. The van der Waals surface area contributed by atoms with Crippen molar-refractivity contribution in [3.8, 4) is 0 Å². The lowest BCUT2D eigenvalue weighted by molar-refractivity contribution is -0.205. The average molecular weight is 528 g/mol. The number of carbonyl (C=O) groups excluding carboxylic acids is 2. The minimum atomic E-state index is -0.676. The summed E-state index contributed by atoms with van der Waals surface area (Å²) in [5.41, 5.74) is 10.1. The molecule has 0 aliphatic heterocycles. The zero-order valence-electron chi connectivity index (χ0n) is 22.4. The lowest BCUT2D eigenvalue weighted by atomic mass is 9.44. The molecule has 3 fully saturated rings. The summed E-state index contributed by atoms with van der Waals surface area (Å²) in [4.78, 5) is 31.7. The number of hydrogen-bond acceptors (Lipinski definition) is 6. The van der Waals surface area contributed by atoms with Gasteiger partial charge in [0.05, 0.1) is 17.5 Å². The van der Waals surface area contributed by atoms with Crippen molar-refractivity contribution < 1.29 is 19.4 Å². The van der Waals surface area contributed by atoms with Crippen LogP contribution in [0.2, 0.25) is 0 Å². The van der Waals surface area contributed by atoms with E-state index in [-0.39, 0.29) is 46.6 Å². The van der Waals surface area contributed by atoms with Gasteiger partial charge in [-0.2, -0.15) is 0 Å². The predicted octanol–water partition coefficient (Wildman–Crippen LogP) is 4.59. The maximum Gasteiger partial charge on any atom is 0.316 e. The molecule has 0 saturated heterocycles. The molecule has 3 aliphatic carbocycles. The van der Waals surface area contributed by atoms with Crippen molar-refractivity contribution in [3.63, 3.8) is 0 Å². The minimum Gasteiger partial charge on any atom is -0.461 e. The molecule has 0 amide bonds. The topological polar surface area (TPSA) is 128 Å². The van der Waals surface area contributed by atoms with Crippen LogP contribution in [-0.4, -0.2) is 40.8 Å². The Balaban J connectivity index is 1.64. The molecule has 2 bridgehead atoms. The van der Waals surface area contributed by atoms with Gasteiger partial charge in [0.25, 0.3) is 0 Å². The van der Waals surface area contributed by atoms with Gasteiger partial charge in [0.1, 0.15) is 11.9 Å². The largest absolute Gasteiger partial charge is 0.461 e. The molecule has 202 valence electrons. The number of rotatable bonds is 6. The van der Waals surface area contributed by atoms with Crippen molar-refractivity contribution in [2.45, 2.75) is 76.9 Å². The van der Waals surface area contributed by atoms with Gasteiger partial charge in [-0.25, -0.2) is 4.99 Å². The van der Waals surface area contributed by atoms with E-state index in [1.165, 1.54) is 11.8 Å². The zero-order valence-corrected chi connectivity index (χ0v) is 23.2. The van der Waals surface area contributed by atoms with Gasteiger partial charge in [0, 0.05) is 28.1 Å². The fourth-order valence-corrected chi connectivity index (χ4v) is 8.36. The van der Waals surface area contributed by atoms with Crippen molar-refractivity contribution in [2.24, 2.45) is 50.5 Å². The number of ketones is 1. The van der Waals surface area contributed by atoms with Crippen LogP contribution in [0.4, 0.5) is 5.69 Å². The van der Waals surface area contributed by atoms with Gasteiger partial charge >= 0.3 is 5.97 Å². The number of benzene rings is 1. The number of hydrogen-bond donors (Lipinski definition) is 3. The molecule has 37 heavy (non-hydrogen) atoms. The number of nitrogens with two attached hydrogens (primary N) is 2. The monoisotopic (exact) mass is 527 g/mol. The highest BCUT2D eigenvalue weighted by atomic mass is 32.2. The van der Waals surface area contributed by atoms with Gasteiger partial charge in [-0.05, 0) is 61.1 Å². The normalized spacial score (nSPS) is 39.2. The summed E-state index contributed by atoms with van der Waals surface area (Å²) in [6.45, 7) is 12.5. The lowest BCUT2D eigenvalue weighted by Crippen LogP contribution is -2.63. The lowest BCUT2D eigenvalue weighted by Gasteiger charge is -2.61. The van der Waals surface area contributed by atoms with Crippen molar-refractivity contribution in [1.29, 1.82) is 0 Å². The van der Waals surface area contributed by atoms with Crippen molar-refractivity contribution in [2.75, 3.05) is 5.75 Å². The van der Waals surface area contributed by atoms with Crippen molar-refractivity contribution in [3.05, 3.63) is 36.9 Å². The smallest absolute Gasteiger partial charge is 0.316 e. The molecule has 3 aliphatic rings. The molecular formula is C29H41N3O4S. The number of aliphatic hydroxyl groups excluding tert-OH is 1. The van der Waals surface area contributed by atoms with Crippen LogP contribution in [0.1, 0.15) is 59.8 Å². The highest BCUT2D eigenvalue weighted by Gasteiger charge is 2.68. The standard InChI is InChI=1S/C29H41N3O4S/c1-6-27(4)15-22(36-23(34)16-37-20-9-7-8-19(14-20)32-26(30)31)28(5)17(2)10-12-29(18(3)25(27)35)13-11-21(33)24(28)29/h6-9,14,17-18,22,24-25,35H,1,10-13,15-16H2,2-5H3,(H4,30,31,32)/t17-,18+,22-,24?,25?,27-,28+,29?/m1/s1. The van der Waals surface area contributed by atoms with E-state index >= 15 is 0 Å². The molecule has 8 heteroatoms. The van der Waals surface area contributed by atoms with E-state index in [1.807, 2.05) is 31.2 Å². The Kier molecular flexibility index (Phi) is 7.56. The summed E-state index contributed by atoms with van der Waals surface area (Å²) in [6, 6.07) is 7.33. The first-order chi connectivity index (χ1) is 17.4. The summed E-state index contributed by atoms with van der Waals surface area (Å²) in [6.07, 6.45) is 4.22. The summed E-state index contributed by atoms with van der Waals surface area (Å²) in [5.74, 6) is -0.0901. The Labute approximate surface area is 224 Å². The van der Waals surface area contributed by atoms with Gasteiger partial charge in [-0.1, -0.05) is 39.8 Å². The molecule has 0 aromatic heterocycles. The number of Topliss-reactive ketones (excluding diaryl/α,β-unsaturated/α-hetero) is 1. The number of guanidine groups is 1. The first kappa shape index (κ1) is 27.7. The number of thioether (sulfide) groups is 1. The minimum absolute atomic E-state index is 0.0278. The van der Waals surface area contributed by atoms with E-state index in [0.29, 0.717) is 18.5 Å². The van der Waals surface area contributed by atoms with E-state index in [1.54, 1.807) is 6.07 Å². The highest BCUT2D eigenvalue weighted by molar-refractivity contribution is 8.00. The summed E-state index contributed by atoms with van der Waals surface area (Å²) >= 11 is 1.35. The Hall–Kier alpha value is -2.32. The van der Waals surface area contributed by atoms with E-state index in [0.717, 1.165) is 24.2 Å². The van der Waals surface area contributed by atoms with Gasteiger partial charge in [0.2, 0.25) is 0 Å². The van der Waals surface area contributed by atoms with Crippen LogP contribution in [0.15, 0.2) is 46.8 Å². The molecular weight excluding hydrogens is 486 g/mol. The summed E-state index contributed by atoms with van der Waals surface area (Å²) < 4.78 is 6.30. The van der Waals surface area contributed by atoms with Crippen LogP contribution in [0, 0.1) is 34.0 Å². The Morgan fingerprint density at radius 3 is 2.70 bits per heavy atom. The second-order valence-electron chi connectivity index (χ2n) is 11.9. The number of aliphatic imine (C=N–C) groups is 1. The quantitative estimate of drug-likeness (QED) is 0.162. The second-order valence-corrected chi connectivity index (χ2v) is 12.9. The van der Waals surface area contributed by atoms with Crippen LogP contribution >= 0.6 is 11.8 Å². The molecule has 1 aromatic rings. The third-order valence-corrected chi connectivity index (χ3v) is 11.0. The molecule has 3 saturated carbocycles. The van der Waals surface area contributed by atoms with Crippen LogP contribution < -0.4 is 11.5 Å². The first-order valence-electron chi connectivity index (χ1n) is 13.2. The van der Waals surface area contributed by atoms with E-state index in [9.17, 15) is 14.7 Å². The molecule has 4 rings (SSSR count). The fourth-order valence-electron chi connectivity index (χ4n) is 7.63. The molecule has 0 spiro atoms. The molecule has 7 nitrogen and oxygen atoms in total. The summed E-state index contributed by atoms with van der Waals surface area (Å²) in [7, 11) is 0. The van der Waals surface area contributed by atoms with E-state index in [4.69, 9.17) is 16.2 Å². The van der Waals surface area contributed by atoms with E-state index < -0.39 is 23.0 Å². The molecule has 1 aromatic carbocycles. The third-order valence-electron chi connectivity index (χ3n) is 10.0. The summed E-state index contributed by atoms with van der Waals surface area (Å²) in [5, 5.41) is 11.6. The zero-order chi connectivity index (χ0) is 27.2. The maximum atomic E-state index is 13.5. The fraction of sp³-hybridized carbons (Fsp3) is 0.621. The number of nitrogens with zero attached hydrogens (tertiary/aromatic N) is 1. The number of aliphatic hydroxyl groups is 1. The Morgan fingerprint density at radius 1 is 1.30 bits per heavy atom. The SMILES string of the molecule is C=C[C@]1(C)C[C@@H](OC(=O)CSc2cccc(N=C(N)N)c2)[C@@]2(C)C3C(=O)CCC3(CC[C@H]2C)[C@@H](C)C1O. The second kappa shape index (κ2) is 10.1. The third kappa shape index (κ3) is 4.71. The maximum absolute atomic E-state index is 13.5. The van der Waals surface area contributed by atoms with Gasteiger partial charge in [-0.15, -0.1) is 18.3 Å². The molecule has 0 heterocycles. The van der Waals surface area contributed by atoms with Gasteiger partial charge < -0.3 is 21.3 Å². The van der Waals surface area contributed by atoms with E-state index in [2.05, 4.69) is 32.3 Å². The van der Waals surface area contributed by atoms with Gasteiger partial charge in [-0.3, -0.25) is 9.59 Å². The highest BCUT2D eigenvalue weighted by Crippen LogP contribution is 2.68. The molecule has 5 N–H and O–H groups in total. The number of carbonyl (C=O) groups is 2. The Morgan fingerprint density at radius 2 is 2.03 bits per heavy atom. The molecule has 0 radical (unpaired) electrons. The van der Waals surface area contributed by atoms with Crippen LogP contribution in [0.5, 0.6) is 0 Å². The predicted molar refractivity (Wildman–Crippen MR) is 147 cm³/mol. The van der Waals surface area contributed by atoms with Crippen molar-refractivity contribution in [1.82, 2.24) is 0 Å². The average Bonchev–Trinajstić information content (AvgIpc) is 3.21. The number of esters is 1. The number of ether oxygens (including phenoxy) is 1. The van der Waals surface area contributed by atoms with Crippen LogP contribution in [0.25, 0.3) is 0 Å². The molecule has 3 unspecified atom stereocenters. The van der Waals surface area contributed by atoms with Crippen LogP contribution in [-0.2, 0) is 14.3 Å². The van der Waals surface area contributed by atoms with Crippen molar-refractivity contribution >= 4 is 35.2 Å². The Bertz CT molecular complexity index is 1100.